The molecule has 0 amide bonds. The van der Waals surface area contributed by atoms with E-state index in [0.717, 1.165) is 49.1 Å². The summed E-state index contributed by atoms with van der Waals surface area (Å²) in [5.74, 6) is 0.423. The van der Waals surface area contributed by atoms with Gasteiger partial charge in [0.15, 0.2) is 0 Å². The van der Waals surface area contributed by atoms with Gasteiger partial charge in [-0.05, 0) is 108 Å². The zero-order valence-corrected chi connectivity index (χ0v) is 28.0. The molecule has 0 radical (unpaired) electrons. The predicted molar refractivity (Wildman–Crippen MR) is 186 cm³/mol. The van der Waals surface area contributed by atoms with Crippen LogP contribution in [0.4, 0.5) is 17.3 Å². The molecule has 2 aliphatic rings. The molecule has 2 saturated heterocycles. The Morgan fingerprint density at radius 1 is 1.04 bits per heavy atom. The number of likely N-dealkylation sites (N-methyl/N-ethyl adjacent to an activating group) is 2. The number of fused-ring (bicyclic) bond motifs is 1. The highest BCUT2D eigenvalue weighted by Crippen LogP contribution is 2.40. The van der Waals surface area contributed by atoms with Crippen LogP contribution in [0.3, 0.4) is 0 Å². The van der Waals surface area contributed by atoms with Gasteiger partial charge in [-0.2, -0.15) is 4.98 Å². The van der Waals surface area contributed by atoms with Crippen LogP contribution >= 0.6 is 23.2 Å². The molecule has 0 spiro atoms. The molecule has 0 aliphatic carbocycles. The molecule has 2 N–H and O–H groups in total. The van der Waals surface area contributed by atoms with Crippen molar-refractivity contribution in [3.63, 3.8) is 0 Å². The number of aromatic nitrogens is 3. The smallest absolute Gasteiger partial charge is 0.260 e. The molecule has 2 aromatic heterocycles. The molecule has 11 heteroatoms. The first-order valence-electron chi connectivity index (χ1n) is 15.7. The SMILES string of the molecule is CN(C)CCn1c(=O)c(-c2c(Cl)cc(C3CCCN3C)cc2Cl)cc2cnc(Nc3ccc(N(C)C4CCCNC4)cc3)nc21. The molecule has 9 nitrogen and oxygen atoms in total. The minimum Gasteiger partial charge on any atom is -0.370 e. The Kier molecular flexibility index (Phi) is 9.63. The third-order valence-electron chi connectivity index (χ3n) is 9.19. The maximum atomic E-state index is 14.1. The van der Waals surface area contributed by atoms with Crippen molar-refractivity contribution in [1.29, 1.82) is 0 Å². The Morgan fingerprint density at radius 2 is 1.80 bits per heavy atom. The highest BCUT2D eigenvalue weighted by molar-refractivity contribution is 6.39. The summed E-state index contributed by atoms with van der Waals surface area (Å²) < 4.78 is 1.71. The van der Waals surface area contributed by atoms with Crippen LogP contribution in [0.2, 0.25) is 10.0 Å². The van der Waals surface area contributed by atoms with Gasteiger partial charge in [0.05, 0.1) is 15.6 Å². The van der Waals surface area contributed by atoms with Crippen LogP contribution in [0.25, 0.3) is 22.2 Å². The first-order chi connectivity index (χ1) is 21.7. The molecule has 238 valence electrons. The van der Waals surface area contributed by atoms with E-state index >= 15 is 0 Å². The van der Waals surface area contributed by atoms with Crippen molar-refractivity contribution in [3.8, 4) is 11.1 Å². The molecule has 4 aromatic rings. The van der Waals surface area contributed by atoms with Crippen LogP contribution in [0.5, 0.6) is 0 Å². The van der Waals surface area contributed by atoms with Gasteiger partial charge in [0, 0.05) is 67.3 Å². The normalized spacial score (nSPS) is 19.0. The Balaban J connectivity index is 1.32. The van der Waals surface area contributed by atoms with E-state index in [4.69, 9.17) is 28.2 Å². The van der Waals surface area contributed by atoms with Gasteiger partial charge >= 0.3 is 0 Å². The molecule has 2 fully saturated rings. The third-order valence-corrected chi connectivity index (χ3v) is 9.78. The van der Waals surface area contributed by atoms with E-state index in [1.165, 1.54) is 18.5 Å². The Labute approximate surface area is 275 Å². The number of hydrogen-bond donors (Lipinski definition) is 2. The fraction of sp³-hybridized carbons (Fsp3) is 0.441. The average Bonchev–Trinajstić information content (AvgIpc) is 3.47. The minimum absolute atomic E-state index is 0.187. The van der Waals surface area contributed by atoms with Crippen molar-refractivity contribution >= 4 is 51.6 Å². The number of likely N-dealkylation sites (tertiary alicyclic amines) is 1. The Hall–Kier alpha value is -3.21. The van der Waals surface area contributed by atoms with E-state index in [1.807, 2.05) is 49.3 Å². The fourth-order valence-corrected chi connectivity index (χ4v) is 7.27. The van der Waals surface area contributed by atoms with Crippen molar-refractivity contribution in [2.45, 2.75) is 44.3 Å². The topological polar surface area (TPSA) is 81.6 Å². The average molecular weight is 650 g/mol. The van der Waals surface area contributed by atoms with Crippen molar-refractivity contribution in [2.75, 3.05) is 64.6 Å². The Bertz CT molecular complexity index is 1700. The maximum absolute atomic E-state index is 14.1. The predicted octanol–water partition coefficient (Wildman–Crippen LogP) is 6.03. The molecule has 2 aromatic carbocycles. The standard InChI is InChI=1S/C34H42Cl2N8O/c1-41(2)15-16-44-32-23(17-27(33(44)45)31-28(35)18-22(19-29(31)36)30-8-6-14-42(30)3)20-38-34(40-32)39-24-9-11-25(12-10-24)43(4)26-7-5-13-37-21-26/h9-12,17-20,26,30,37H,5-8,13-16,21H2,1-4H3,(H,38,39,40). The molecule has 2 aliphatic heterocycles. The lowest BCUT2D eigenvalue weighted by molar-refractivity contribution is 0.317. The van der Waals surface area contributed by atoms with Gasteiger partial charge in [-0.1, -0.05) is 23.2 Å². The number of rotatable bonds is 9. The van der Waals surface area contributed by atoms with Gasteiger partial charge in [-0.3, -0.25) is 14.3 Å². The number of nitrogens with one attached hydrogen (secondary N) is 2. The second kappa shape index (κ2) is 13.6. The molecule has 45 heavy (non-hydrogen) atoms. The summed E-state index contributed by atoms with van der Waals surface area (Å²) in [6.45, 7) is 4.24. The van der Waals surface area contributed by atoms with Crippen LogP contribution in [0, 0.1) is 0 Å². The second-order valence-electron chi connectivity index (χ2n) is 12.6. The lowest BCUT2D eigenvalue weighted by Crippen LogP contribution is -2.44. The number of piperidine rings is 1. The highest BCUT2D eigenvalue weighted by Gasteiger charge is 2.26. The highest BCUT2D eigenvalue weighted by atomic mass is 35.5. The van der Waals surface area contributed by atoms with E-state index in [0.29, 0.717) is 51.9 Å². The zero-order chi connectivity index (χ0) is 31.7. The van der Waals surface area contributed by atoms with Crippen molar-refractivity contribution in [1.82, 2.24) is 29.7 Å². The van der Waals surface area contributed by atoms with E-state index in [9.17, 15) is 4.79 Å². The van der Waals surface area contributed by atoms with Crippen LogP contribution in [0.1, 0.15) is 37.3 Å². The Morgan fingerprint density at radius 3 is 2.44 bits per heavy atom. The number of pyridine rings is 1. The molecule has 2 unspecified atom stereocenters. The quantitative estimate of drug-likeness (QED) is 0.228. The molecule has 6 rings (SSSR count). The van der Waals surface area contributed by atoms with Crippen LogP contribution < -0.4 is 21.1 Å². The zero-order valence-electron chi connectivity index (χ0n) is 26.5. The number of hydrogen-bond acceptors (Lipinski definition) is 8. The monoisotopic (exact) mass is 648 g/mol. The largest absolute Gasteiger partial charge is 0.370 e. The summed E-state index contributed by atoms with van der Waals surface area (Å²) in [6, 6.07) is 14.8. The molecule has 0 bridgehead atoms. The van der Waals surface area contributed by atoms with Gasteiger partial charge in [0.2, 0.25) is 5.95 Å². The van der Waals surface area contributed by atoms with Crippen LogP contribution in [-0.4, -0.2) is 84.7 Å². The first-order valence-corrected chi connectivity index (χ1v) is 16.5. The summed E-state index contributed by atoms with van der Waals surface area (Å²) in [4.78, 5) is 30.3. The van der Waals surface area contributed by atoms with E-state index in [2.05, 4.69) is 51.6 Å². The number of nitrogens with zero attached hydrogens (tertiary/aromatic N) is 6. The van der Waals surface area contributed by atoms with Crippen LogP contribution in [-0.2, 0) is 6.54 Å². The summed E-state index contributed by atoms with van der Waals surface area (Å²) >= 11 is 13.8. The summed E-state index contributed by atoms with van der Waals surface area (Å²) in [6.07, 6.45) is 6.33. The molecular formula is C34H42Cl2N8O. The third kappa shape index (κ3) is 6.83. The van der Waals surface area contributed by atoms with Gasteiger partial charge < -0.3 is 20.4 Å². The lowest BCUT2D eigenvalue weighted by atomic mass is 9.99. The molecule has 0 saturated carbocycles. The minimum atomic E-state index is -0.187. The first kappa shape index (κ1) is 31.8. The summed E-state index contributed by atoms with van der Waals surface area (Å²) in [5, 5.41) is 8.50. The lowest BCUT2D eigenvalue weighted by Gasteiger charge is -2.33. The van der Waals surface area contributed by atoms with Gasteiger partial charge in [0.1, 0.15) is 5.65 Å². The number of anilines is 3. The summed E-state index contributed by atoms with van der Waals surface area (Å²) in [7, 11) is 8.23. The van der Waals surface area contributed by atoms with E-state index in [1.54, 1.807) is 10.8 Å². The number of benzene rings is 2. The fourth-order valence-electron chi connectivity index (χ4n) is 6.56. The summed E-state index contributed by atoms with van der Waals surface area (Å²) in [5.41, 5.74) is 4.48. The number of halogens is 2. The van der Waals surface area contributed by atoms with Crippen molar-refractivity contribution < 1.29 is 0 Å². The molecule has 2 atom stereocenters. The van der Waals surface area contributed by atoms with E-state index in [-0.39, 0.29) is 11.6 Å². The van der Waals surface area contributed by atoms with Crippen molar-refractivity contribution in [3.05, 3.63) is 74.6 Å². The van der Waals surface area contributed by atoms with Gasteiger partial charge in [0.25, 0.3) is 5.56 Å². The van der Waals surface area contributed by atoms with Gasteiger partial charge in [-0.25, -0.2) is 4.98 Å². The van der Waals surface area contributed by atoms with Crippen molar-refractivity contribution in [2.24, 2.45) is 0 Å². The second-order valence-corrected chi connectivity index (χ2v) is 13.4. The molecular weight excluding hydrogens is 607 g/mol. The molecule has 4 heterocycles. The maximum Gasteiger partial charge on any atom is 0.260 e. The van der Waals surface area contributed by atoms with Gasteiger partial charge in [-0.15, -0.1) is 0 Å². The van der Waals surface area contributed by atoms with Crippen LogP contribution in [0.15, 0.2) is 53.5 Å². The van der Waals surface area contributed by atoms with E-state index < -0.39 is 0 Å².